The van der Waals surface area contributed by atoms with Crippen molar-refractivity contribution in [2.45, 2.75) is 234 Å². The molecule has 10 aliphatic rings. The Bertz CT molecular complexity index is 2770. The second kappa shape index (κ2) is 28.0. The number of esters is 1. The molecule has 498 valence electrons. The van der Waals surface area contributed by atoms with Crippen LogP contribution < -0.4 is 59.1 Å². The molecule has 6 saturated heterocycles. The molecule has 27 unspecified atom stereocenters. The molecule has 10 rings (SSSR count). The molecule has 0 aromatic heterocycles. The molecule has 0 aromatic carbocycles. The Hall–Kier alpha value is -0.150. The van der Waals surface area contributed by atoms with E-state index in [1.54, 1.807) is 0 Å². The van der Waals surface area contributed by atoms with Crippen LogP contribution in [0.1, 0.15) is 80.1 Å². The Kier molecular flexibility index (Phi) is 23.5. The standard InChI is InChI=1S/C54H84O31S2.2Na/c1-20(2)31-25-15-53(7)23-9-10-29-51(4,5)30(12-13-52(29,6)22(23)11-14-54(31,53)50(65)79-25)80-48-43(34(59)28(18-74-48)85-87(69,70)71)84-49-44(83-46-36(61)35(60)32(57)26(16-55)77-46)37(62)40(21(3)76-49)81-47-39(64)42(33(58)27(78-47)19-75-86(66,67)68)82-45-38(63)41(72-8)24(56)17-73-45;;/h9,21-22,24-49,55-64H,1,10-19H2,2-8H3,(H,66,67,68)(H,69,70,71);;/q;2*+1/p-2/t21?,22?,24?,25?,26?,27?,28?,29?,30?,31-,32?,33?,34?,35?,36?,37?,38?,39?,40?,41?,42?,43?,44?,45?,46?,47?,48?,49?,52+,53-,54+;;/m0../s1. The van der Waals surface area contributed by atoms with Gasteiger partial charge in [-0.3, -0.25) is 13.2 Å². The Morgan fingerprint density at radius 2 is 1.29 bits per heavy atom. The smallest absolute Gasteiger partial charge is 0.726 e. The average molecular weight is 1340 g/mol. The Labute approximate surface area is 559 Å². The molecule has 3 saturated carbocycles. The molecule has 35 heteroatoms. The molecule has 0 radical (unpaired) electrons. The first-order valence-corrected chi connectivity index (χ1v) is 31.8. The maximum Gasteiger partial charge on any atom is 1.00 e. The molecule has 31 nitrogen and oxygen atoms in total. The summed E-state index contributed by atoms with van der Waals surface area (Å²) in [6.45, 7) is 12.6. The summed E-state index contributed by atoms with van der Waals surface area (Å²) in [5.74, 6) is -0.250. The van der Waals surface area contributed by atoms with Crippen molar-refractivity contribution in [1.82, 2.24) is 0 Å². The molecule has 2 bridgehead atoms. The van der Waals surface area contributed by atoms with E-state index in [0.717, 1.165) is 19.1 Å². The van der Waals surface area contributed by atoms with Crippen molar-refractivity contribution in [2.24, 2.45) is 39.4 Å². The number of allylic oxidation sites excluding steroid dienone is 2. The molecule has 0 aromatic rings. The molecule has 4 aliphatic carbocycles. The second-order valence-corrected chi connectivity index (χ2v) is 28.1. The van der Waals surface area contributed by atoms with E-state index in [0.29, 0.717) is 32.1 Å². The normalized spacial score (nSPS) is 49.6. The number of ether oxygens (including phenoxy) is 12. The van der Waals surface area contributed by atoms with E-state index in [4.69, 9.17) is 61.0 Å². The summed E-state index contributed by atoms with van der Waals surface area (Å²) < 4.78 is 152. The van der Waals surface area contributed by atoms with E-state index < -0.39 is 211 Å². The van der Waals surface area contributed by atoms with Crippen molar-refractivity contribution in [3.8, 4) is 0 Å². The molecule has 9 fully saturated rings. The predicted octanol–water partition coefficient (Wildman–Crippen LogP) is -9.90. The first-order chi connectivity index (χ1) is 40.6. The topological polar surface area (TPSA) is 463 Å². The number of methoxy groups -OCH3 is 1. The fourth-order valence-corrected chi connectivity index (χ4v) is 17.3. The average Bonchev–Trinajstić information content (AvgIpc) is 1.55. The number of fused-ring (bicyclic) bond motifs is 5. The van der Waals surface area contributed by atoms with Crippen LogP contribution in [0.25, 0.3) is 0 Å². The van der Waals surface area contributed by atoms with Gasteiger partial charge in [-0.1, -0.05) is 51.5 Å². The maximum absolute atomic E-state index is 13.9. The predicted molar refractivity (Wildman–Crippen MR) is 281 cm³/mol. The minimum Gasteiger partial charge on any atom is -0.726 e. The first-order valence-electron chi connectivity index (χ1n) is 29.2. The van der Waals surface area contributed by atoms with Crippen LogP contribution in [0.3, 0.4) is 0 Å². The van der Waals surface area contributed by atoms with Gasteiger partial charge in [-0.05, 0) is 75.0 Å². The number of carbonyl (C=O) groups is 1. The van der Waals surface area contributed by atoms with Crippen molar-refractivity contribution in [3.05, 3.63) is 23.8 Å². The van der Waals surface area contributed by atoms with Crippen molar-refractivity contribution in [3.63, 3.8) is 0 Å². The SMILES string of the molecule is C=C(C)[C@H]1C2C[C@@]3(C)C4=CCC5C(C)(C)C(OC6OCC(OS(=O)(=O)[O-])C(O)C6OC6OC(C)C(OC7OC(COS(=O)(=O)[O-])C(O)C(OC8OCC(O)C(OC)C8O)C7O)C(O)C6OC6OC(CO)C(O)C(O)C6O)CC[C@]5(C)C4CC[C@]13C(=O)O2.[Na+].[Na+]. The molecule has 10 N–H and O–H groups in total. The van der Waals surface area contributed by atoms with Crippen LogP contribution in [0.4, 0.5) is 0 Å². The van der Waals surface area contributed by atoms with Crippen molar-refractivity contribution >= 4 is 26.8 Å². The second-order valence-electron chi connectivity index (χ2n) is 26.0. The van der Waals surface area contributed by atoms with Crippen LogP contribution in [0, 0.1) is 39.4 Å². The fraction of sp³-hybridized carbons (Fsp3) is 0.907. The molecule has 6 heterocycles. The van der Waals surface area contributed by atoms with Gasteiger partial charge >= 0.3 is 65.1 Å². The van der Waals surface area contributed by atoms with E-state index in [1.165, 1.54) is 12.5 Å². The van der Waals surface area contributed by atoms with Gasteiger partial charge in [0.2, 0.25) is 20.8 Å². The van der Waals surface area contributed by atoms with Crippen LogP contribution in [0.2, 0.25) is 0 Å². The van der Waals surface area contributed by atoms with Gasteiger partial charge in [-0.15, -0.1) is 0 Å². The van der Waals surface area contributed by atoms with Gasteiger partial charge in [0.15, 0.2) is 31.5 Å². The van der Waals surface area contributed by atoms with Crippen LogP contribution in [0.15, 0.2) is 23.8 Å². The summed E-state index contributed by atoms with van der Waals surface area (Å²) in [7, 11) is -9.88. The van der Waals surface area contributed by atoms with Crippen molar-refractivity contribution in [2.75, 3.05) is 33.5 Å². The van der Waals surface area contributed by atoms with E-state index in [2.05, 4.69) is 30.7 Å². The number of hydrogen-bond donors (Lipinski definition) is 10. The monoisotopic (exact) mass is 1340 g/mol. The molecule has 0 amide bonds. The number of rotatable bonds is 18. The zero-order chi connectivity index (χ0) is 63.6. The number of carbonyl (C=O) groups excluding carboxylic acids is 1. The molecular weight excluding hydrogens is 1250 g/mol. The summed E-state index contributed by atoms with van der Waals surface area (Å²) >= 11 is 0. The van der Waals surface area contributed by atoms with Crippen LogP contribution >= 0.6 is 0 Å². The van der Waals surface area contributed by atoms with Crippen molar-refractivity contribution in [1.29, 1.82) is 0 Å². The number of hydrogen-bond acceptors (Lipinski definition) is 31. The number of aliphatic hydroxyl groups is 10. The molecule has 1 spiro atoms. The molecule has 31 atom stereocenters. The van der Waals surface area contributed by atoms with Gasteiger partial charge in [-0.2, -0.15) is 0 Å². The quantitative estimate of drug-likeness (QED) is 0.0200. The Balaban J connectivity index is 0.00000512. The van der Waals surface area contributed by atoms with Gasteiger partial charge in [-0.25, -0.2) is 16.8 Å². The van der Waals surface area contributed by atoms with E-state index >= 15 is 0 Å². The van der Waals surface area contributed by atoms with E-state index in [9.17, 15) is 81.8 Å². The first kappa shape index (κ1) is 74.6. The van der Waals surface area contributed by atoms with Gasteiger partial charge in [0.1, 0.15) is 110 Å². The summed E-state index contributed by atoms with van der Waals surface area (Å²) in [5, 5.41) is 112. The third-order valence-corrected chi connectivity index (χ3v) is 21.7. The van der Waals surface area contributed by atoms with E-state index in [-0.39, 0.29) is 94.4 Å². The van der Waals surface area contributed by atoms with Gasteiger partial charge in [0.05, 0.1) is 44.1 Å². The van der Waals surface area contributed by atoms with Gasteiger partial charge in [0, 0.05) is 18.4 Å². The summed E-state index contributed by atoms with van der Waals surface area (Å²) in [4.78, 5) is 13.9. The van der Waals surface area contributed by atoms with Gasteiger partial charge in [0.25, 0.3) is 0 Å². The minimum absolute atomic E-state index is 0. The third kappa shape index (κ3) is 13.6. The maximum atomic E-state index is 13.9. The van der Waals surface area contributed by atoms with Crippen LogP contribution in [0.5, 0.6) is 0 Å². The minimum atomic E-state index is -5.56. The van der Waals surface area contributed by atoms with Crippen LogP contribution in [-0.4, -0.2) is 270 Å². The van der Waals surface area contributed by atoms with Gasteiger partial charge < -0.3 is 117 Å². The van der Waals surface area contributed by atoms with Crippen LogP contribution in [-0.2, 0) is 90.8 Å². The number of aliphatic hydroxyl groups excluding tert-OH is 10. The molecule has 6 aliphatic heterocycles. The summed E-state index contributed by atoms with van der Waals surface area (Å²) in [5.41, 5.74) is -0.0366. The molecule has 89 heavy (non-hydrogen) atoms. The summed E-state index contributed by atoms with van der Waals surface area (Å²) in [6.07, 6.45) is -39.0. The Morgan fingerprint density at radius 1 is 0.685 bits per heavy atom. The summed E-state index contributed by atoms with van der Waals surface area (Å²) in [6, 6.07) is 0. The third-order valence-electron chi connectivity index (χ3n) is 20.8. The van der Waals surface area contributed by atoms with Crippen molar-refractivity contribution < 1.29 is 206 Å². The largest absolute Gasteiger partial charge is 1.00 e. The molecular formula is C54H82Na2O31S2. The fourth-order valence-electron chi connectivity index (χ4n) is 16.5. The Morgan fingerprint density at radius 3 is 1.93 bits per heavy atom. The zero-order valence-corrected chi connectivity index (χ0v) is 56.5. The zero-order valence-electron chi connectivity index (χ0n) is 50.9. The van der Waals surface area contributed by atoms with E-state index in [1.807, 2.05) is 20.8 Å².